The molecule has 2 rings (SSSR count). The fourth-order valence-corrected chi connectivity index (χ4v) is 3.27. The van der Waals surface area contributed by atoms with Crippen LogP contribution in [0.2, 0.25) is 0 Å². The molecule has 24 heavy (non-hydrogen) atoms. The molecule has 1 fully saturated rings. The number of carbonyl (C=O) groups is 2. The monoisotopic (exact) mass is 353 g/mol. The average Bonchev–Trinajstić information content (AvgIpc) is 2.54. The molecule has 0 radical (unpaired) electrons. The van der Waals surface area contributed by atoms with Gasteiger partial charge in [-0.3, -0.25) is 9.59 Å². The summed E-state index contributed by atoms with van der Waals surface area (Å²) in [5, 5.41) is 5.71. The normalized spacial score (nSPS) is 15.9. The lowest BCUT2D eigenvalue weighted by Crippen LogP contribution is -2.38. The molecule has 0 atom stereocenters. The minimum absolute atomic E-state index is 0. The third-order valence-corrected chi connectivity index (χ3v) is 4.65. The molecule has 5 nitrogen and oxygen atoms in total. The number of nitrogens with two attached hydrogens (primary N) is 1. The zero-order chi connectivity index (χ0) is 16.7. The van der Waals surface area contributed by atoms with Crippen molar-refractivity contribution < 1.29 is 9.59 Å². The van der Waals surface area contributed by atoms with Crippen LogP contribution >= 0.6 is 12.4 Å². The van der Waals surface area contributed by atoms with Crippen molar-refractivity contribution in [3.8, 4) is 0 Å². The highest BCUT2D eigenvalue weighted by Crippen LogP contribution is 2.38. The Bertz CT molecular complexity index is 540. The summed E-state index contributed by atoms with van der Waals surface area (Å²) in [6.45, 7) is 2.57. The summed E-state index contributed by atoms with van der Waals surface area (Å²) in [6.07, 6.45) is 6.24. The van der Waals surface area contributed by atoms with E-state index in [1.807, 2.05) is 24.3 Å². The molecule has 0 unspecified atom stereocenters. The van der Waals surface area contributed by atoms with E-state index in [1.165, 1.54) is 26.2 Å². The number of rotatable bonds is 6. The summed E-state index contributed by atoms with van der Waals surface area (Å²) in [5.74, 6) is -0.0195. The van der Waals surface area contributed by atoms with Crippen LogP contribution in [-0.2, 0) is 16.1 Å². The van der Waals surface area contributed by atoms with Gasteiger partial charge in [-0.25, -0.2) is 0 Å². The van der Waals surface area contributed by atoms with E-state index in [9.17, 15) is 9.59 Å². The highest BCUT2D eigenvalue weighted by Gasteiger charge is 2.32. The van der Waals surface area contributed by atoms with E-state index >= 15 is 0 Å². The van der Waals surface area contributed by atoms with Crippen LogP contribution in [0.1, 0.15) is 51.0 Å². The molecule has 0 spiro atoms. The van der Waals surface area contributed by atoms with Crippen molar-refractivity contribution in [3.63, 3.8) is 0 Å². The molecule has 0 bridgehead atoms. The van der Waals surface area contributed by atoms with Crippen LogP contribution in [0.25, 0.3) is 0 Å². The van der Waals surface area contributed by atoms with E-state index in [1.54, 1.807) is 0 Å². The average molecular weight is 354 g/mol. The number of amides is 2. The van der Waals surface area contributed by atoms with Crippen molar-refractivity contribution in [1.82, 2.24) is 5.32 Å². The molecule has 1 aromatic carbocycles. The van der Waals surface area contributed by atoms with E-state index in [4.69, 9.17) is 5.73 Å². The molecule has 1 saturated carbocycles. The van der Waals surface area contributed by atoms with Crippen LogP contribution in [0, 0.1) is 5.41 Å². The third kappa shape index (κ3) is 6.13. The SMILES string of the molecule is CC(=O)Nc1ccc(CNC(=O)CC2(CN)CCCCC2)cc1.Cl. The second-order valence-electron chi connectivity index (χ2n) is 6.60. The smallest absolute Gasteiger partial charge is 0.221 e. The Morgan fingerprint density at radius 3 is 2.29 bits per heavy atom. The summed E-state index contributed by atoms with van der Waals surface area (Å²) >= 11 is 0. The number of hydrogen-bond acceptors (Lipinski definition) is 3. The van der Waals surface area contributed by atoms with E-state index in [2.05, 4.69) is 10.6 Å². The Morgan fingerprint density at radius 1 is 1.12 bits per heavy atom. The molecule has 0 aromatic heterocycles. The minimum Gasteiger partial charge on any atom is -0.352 e. The predicted octanol–water partition coefficient (Wildman–Crippen LogP) is 2.98. The standard InChI is InChI=1S/C18H27N3O2.ClH/c1-14(22)21-16-7-5-15(6-8-16)12-20-17(23)11-18(13-19)9-3-2-4-10-18;/h5-8H,2-4,9-13,19H2,1H3,(H,20,23)(H,21,22);1H. The molecule has 2 amide bonds. The van der Waals surface area contributed by atoms with Gasteiger partial charge in [-0.15, -0.1) is 12.4 Å². The van der Waals surface area contributed by atoms with Gasteiger partial charge in [0.2, 0.25) is 11.8 Å². The molecular weight excluding hydrogens is 326 g/mol. The predicted molar refractivity (Wildman–Crippen MR) is 99.0 cm³/mol. The minimum atomic E-state index is -0.0920. The van der Waals surface area contributed by atoms with Crippen molar-refractivity contribution in [1.29, 1.82) is 0 Å². The van der Waals surface area contributed by atoms with E-state index < -0.39 is 0 Å². The van der Waals surface area contributed by atoms with Crippen LogP contribution in [0.15, 0.2) is 24.3 Å². The van der Waals surface area contributed by atoms with Gasteiger partial charge in [0.1, 0.15) is 0 Å². The van der Waals surface area contributed by atoms with Crippen molar-refractivity contribution >= 4 is 29.9 Å². The maximum Gasteiger partial charge on any atom is 0.221 e. The van der Waals surface area contributed by atoms with Gasteiger partial charge >= 0.3 is 0 Å². The number of carbonyl (C=O) groups excluding carboxylic acids is 2. The molecule has 1 aromatic rings. The molecule has 1 aliphatic rings. The number of nitrogens with one attached hydrogen (secondary N) is 2. The molecule has 0 heterocycles. The number of halogens is 1. The number of anilines is 1. The summed E-state index contributed by atoms with van der Waals surface area (Å²) in [6, 6.07) is 7.49. The highest BCUT2D eigenvalue weighted by molar-refractivity contribution is 5.88. The highest BCUT2D eigenvalue weighted by atomic mass is 35.5. The Hall–Kier alpha value is -1.59. The van der Waals surface area contributed by atoms with Crippen LogP contribution in [-0.4, -0.2) is 18.4 Å². The first-order valence-corrected chi connectivity index (χ1v) is 8.36. The number of benzene rings is 1. The van der Waals surface area contributed by atoms with Gasteiger partial charge in [0.25, 0.3) is 0 Å². The Labute approximate surface area is 150 Å². The lowest BCUT2D eigenvalue weighted by atomic mass is 9.71. The van der Waals surface area contributed by atoms with Crippen LogP contribution in [0.4, 0.5) is 5.69 Å². The Morgan fingerprint density at radius 2 is 1.75 bits per heavy atom. The maximum absolute atomic E-state index is 12.2. The molecule has 4 N–H and O–H groups in total. The molecule has 134 valence electrons. The second-order valence-corrected chi connectivity index (χ2v) is 6.60. The first kappa shape index (κ1) is 20.5. The van der Waals surface area contributed by atoms with Crippen molar-refractivity contribution in [2.75, 3.05) is 11.9 Å². The molecule has 6 heteroatoms. The summed E-state index contributed by atoms with van der Waals surface area (Å²) in [4.78, 5) is 23.2. The Balaban J connectivity index is 0.00000288. The van der Waals surface area contributed by atoms with Gasteiger partial charge < -0.3 is 16.4 Å². The van der Waals surface area contributed by atoms with Gasteiger partial charge in [0.15, 0.2) is 0 Å². The van der Waals surface area contributed by atoms with Crippen LogP contribution < -0.4 is 16.4 Å². The van der Waals surface area contributed by atoms with Gasteiger partial charge in [-0.05, 0) is 42.5 Å². The lowest BCUT2D eigenvalue weighted by molar-refractivity contribution is -0.124. The quantitative estimate of drug-likeness (QED) is 0.735. The van der Waals surface area contributed by atoms with E-state index in [-0.39, 0.29) is 29.6 Å². The van der Waals surface area contributed by atoms with Crippen LogP contribution in [0.5, 0.6) is 0 Å². The zero-order valence-corrected chi connectivity index (χ0v) is 15.1. The first-order valence-electron chi connectivity index (χ1n) is 8.36. The van der Waals surface area contributed by atoms with Gasteiger partial charge in [0, 0.05) is 25.6 Å². The van der Waals surface area contributed by atoms with Crippen molar-refractivity contribution in [2.45, 2.75) is 52.0 Å². The largest absolute Gasteiger partial charge is 0.352 e. The van der Waals surface area contributed by atoms with E-state index in [0.29, 0.717) is 19.5 Å². The summed E-state index contributed by atoms with van der Waals surface area (Å²) in [7, 11) is 0. The van der Waals surface area contributed by atoms with Gasteiger partial charge in [-0.2, -0.15) is 0 Å². The molecule has 0 saturated heterocycles. The van der Waals surface area contributed by atoms with Gasteiger partial charge in [0.05, 0.1) is 0 Å². The van der Waals surface area contributed by atoms with Crippen molar-refractivity contribution in [2.24, 2.45) is 11.1 Å². The first-order chi connectivity index (χ1) is 11.0. The fraction of sp³-hybridized carbons (Fsp3) is 0.556. The van der Waals surface area contributed by atoms with E-state index in [0.717, 1.165) is 24.1 Å². The Kier molecular flexibility index (Phi) is 8.22. The zero-order valence-electron chi connectivity index (χ0n) is 14.3. The third-order valence-electron chi connectivity index (χ3n) is 4.65. The van der Waals surface area contributed by atoms with Gasteiger partial charge in [-0.1, -0.05) is 31.4 Å². The molecule has 0 aliphatic heterocycles. The number of hydrogen-bond donors (Lipinski definition) is 3. The maximum atomic E-state index is 12.2. The summed E-state index contributed by atoms with van der Waals surface area (Å²) in [5.41, 5.74) is 7.71. The topological polar surface area (TPSA) is 84.2 Å². The van der Waals surface area contributed by atoms with Crippen LogP contribution in [0.3, 0.4) is 0 Å². The fourth-order valence-electron chi connectivity index (χ4n) is 3.27. The lowest BCUT2D eigenvalue weighted by Gasteiger charge is -2.35. The molecule has 1 aliphatic carbocycles. The molecular formula is C18H28ClN3O2. The van der Waals surface area contributed by atoms with Crippen molar-refractivity contribution in [3.05, 3.63) is 29.8 Å². The second kappa shape index (κ2) is 9.64. The summed E-state index contributed by atoms with van der Waals surface area (Å²) < 4.78 is 0.